The smallest absolute Gasteiger partial charge is 0.418 e. The average molecular weight is 387 g/mol. The van der Waals surface area contributed by atoms with Gasteiger partial charge in [0, 0.05) is 18.5 Å². The zero-order valence-electron chi connectivity index (χ0n) is 14.0. The lowest BCUT2D eigenvalue weighted by atomic mass is 9.86. The van der Waals surface area contributed by atoms with Crippen LogP contribution in [0.2, 0.25) is 0 Å². The third-order valence-electron chi connectivity index (χ3n) is 5.36. The number of nitrogens with two attached hydrogens (primary N) is 1. The minimum absolute atomic E-state index is 0.182. The molecule has 2 saturated heterocycles. The van der Waals surface area contributed by atoms with Crippen LogP contribution in [0.4, 0.5) is 4.79 Å². The highest BCUT2D eigenvalue weighted by atomic mass is 32.3. The van der Waals surface area contributed by atoms with E-state index in [0.29, 0.717) is 29.7 Å². The van der Waals surface area contributed by atoms with Crippen LogP contribution in [-0.4, -0.2) is 57.8 Å². The number of aromatic nitrogens is 2. The molecule has 1 saturated carbocycles. The van der Waals surface area contributed by atoms with Gasteiger partial charge < -0.3 is 15.1 Å². The Kier molecular flexibility index (Phi) is 4.37. The van der Waals surface area contributed by atoms with Crippen molar-refractivity contribution in [3.05, 3.63) is 11.8 Å². The Labute approximate surface area is 150 Å². The van der Waals surface area contributed by atoms with Crippen molar-refractivity contribution in [2.75, 3.05) is 6.54 Å². The normalized spacial score (nSPS) is 32.3. The average Bonchev–Trinajstić information content (AvgIpc) is 3.15. The summed E-state index contributed by atoms with van der Waals surface area (Å²) < 4.78 is 41.0. The number of hydrogen-bond donors (Lipinski definition) is 2. The fraction of sp³-hybridized carbons (Fsp3) is 0.786. The number of urea groups is 1. The summed E-state index contributed by atoms with van der Waals surface area (Å²) in [5.74, 6) is 1.09. The van der Waals surface area contributed by atoms with Gasteiger partial charge in [0.1, 0.15) is 6.04 Å². The van der Waals surface area contributed by atoms with E-state index in [0.717, 1.165) is 25.7 Å². The zero-order valence-corrected chi connectivity index (χ0v) is 14.8. The first-order valence-corrected chi connectivity index (χ1v) is 10.0. The number of amides is 2. The summed E-state index contributed by atoms with van der Waals surface area (Å²) in [7, 11) is -4.76. The van der Waals surface area contributed by atoms with Crippen molar-refractivity contribution >= 4 is 16.4 Å². The maximum atomic E-state index is 12.4. The highest BCUT2D eigenvalue weighted by molar-refractivity contribution is 7.80. The molecule has 11 nitrogen and oxygen atoms in total. The van der Waals surface area contributed by atoms with Crippen LogP contribution in [0.25, 0.3) is 0 Å². The Hall–Kier alpha value is -1.76. The van der Waals surface area contributed by atoms with Crippen molar-refractivity contribution in [2.45, 2.75) is 62.6 Å². The van der Waals surface area contributed by atoms with Gasteiger partial charge in [-0.05, 0) is 38.5 Å². The molecule has 0 spiro atoms. The molecule has 26 heavy (non-hydrogen) atoms. The summed E-state index contributed by atoms with van der Waals surface area (Å²) in [6, 6.07) is -1.29. The van der Waals surface area contributed by atoms with Gasteiger partial charge in [-0.1, -0.05) is 0 Å². The lowest BCUT2D eigenvalue weighted by Gasteiger charge is -2.27. The summed E-state index contributed by atoms with van der Waals surface area (Å²) in [4.78, 5) is 13.9. The van der Waals surface area contributed by atoms with Crippen LogP contribution in [0.5, 0.6) is 0 Å². The monoisotopic (exact) mass is 387 g/mol. The van der Waals surface area contributed by atoms with Crippen molar-refractivity contribution in [1.82, 2.24) is 20.2 Å². The van der Waals surface area contributed by atoms with Crippen LogP contribution in [0.15, 0.2) is 4.42 Å². The highest BCUT2D eigenvalue weighted by Gasteiger charge is 2.49. The standard InChI is InChI=1S/C14H21N5O6S/c15-9-3-1-8(2-4-9)12-16-17-13(24-12)11-6-5-10-7-18(11)14(20)19(10)25-26(21,22)23/h8-11H,1-7,15H2,(H,21,22,23)/t8-,9+,10?,11-/m0/s1. The van der Waals surface area contributed by atoms with E-state index in [2.05, 4.69) is 14.5 Å². The first kappa shape index (κ1) is 17.6. The number of piperidine rings is 1. The predicted molar refractivity (Wildman–Crippen MR) is 85.8 cm³/mol. The van der Waals surface area contributed by atoms with E-state index in [4.69, 9.17) is 14.7 Å². The van der Waals surface area contributed by atoms with E-state index in [1.807, 2.05) is 0 Å². The number of fused-ring (bicyclic) bond motifs is 2. The molecular weight excluding hydrogens is 366 g/mol. The SMILES string of the molecule is N[C@H]1CC[C@@H](c2nnc([C@@H]3CCC4CN3C(=O)N4OS(=O)(=O)O)o2)CC1. The van der Waals surface area contributed by atoms with Crippen molar-refractivity contribution in [2.24, 2.45) is 5.73 Å². The van der Waals surface area contributed by atoms with Crippen LogP contribution in [0.3, 0.4) is 0 Å². The summed E-state index contributed by atoms with van der Waals surface area (Å²) >= 11 is 0. The Morgan fingerprint density at radius 1 is 1.12 bits per heavy atom. The number of hydrogen-bond acceptors (Lipinski definition) is 8. The van der Waals surface area contributed by atoms with Gasteiger partial charge in [0.05, 0.1) is 6.04 Å². The molecule has 2 amide bonds. The summed E-state index contributed by atoms with van der Waals surface area (Å²) in [6.07, 6.45) is 4.67. The first-order chi connectivity index (χ1) is 12.3. The van der Waals surface area contributed by atoms with Gasteiger partial charge in [0.2, 0.25) is 11.8 Å². The molecule has 1 aliphatic carbocycles. The van der Waals surface area contributed by atoms with Crippen LogP contribution in [0, 0.1) is 0 Å². The van der Waals surface area contributed by atoms with Crippen LogP contribution >= 0.6 is 0 Å². The number of carbonyl (C=O) groups is 1. The second kappa shape index (κ2) is 6.44. The maximum absolute atomic E-state index is 12.4. The molecule has 3 heterocycles. The summed E-state index contributed by atoms with van der Waals surface area (Å²) in [5.41, 5.74) is 5.92. The second-order valence-electron chi connectivity index (χ2n) is 7.10. The Balaban J connectivity index is 1.49. The Bertz CT molecular complexity index is 790. The highest BCUT2D eigenvalue weighted by Crippen LogP contribution is 2.39. The van der Waals surface area contributed by atoms with Gasteiger partial charge in [0.15, 0.2) is 0 Å². The molecule has 144 valence electrons. The minimum Gasteiger partial charge on any atom is -0.423 e. The fourth-order valence-corrected chi connectivity index (χ4v) is 4.39. The molecule has 3 N–H and O–H groups in total. The van der Waals surface area contributed by atoms with Crippen LogP contribution in [-0.2, 0) is 14.7 Å². The van der Waals surface area contributed by atoms with E-state index in [9.17, 15) is 13.2 Å². The molecule has 2 atom stereocenters. The Morgan fingerprint density at radius 3 is 2.50 bits per heavy atom. The van der Waals surface area contributed by atoms with Crippen molar-refractivity contribution < 1.29 is 26.5 Å². The van der Waals surface area contributed by atoms with Gasteiger partial charge in [-0.2, -0.15) is 13.5 Å². The first-order valence-electron chi connectivity index (χ1n) is 8.67. The molecule has 0 radical (unpaired) electrons. The summed E-state index contributed by atoms with van der Waals surface area (Å²) in [6.45, 7) is 0.273. The van der Waals surface area contributed by atoms with E-state index < -0.39 is 28.5 Å². The third-order valence-corrected chi connectivity index (χ3v) is 5.71. The van der Waals surface area contributed by atoms with Crippen molar-refractivity contribution in [1.29, 1.82) is 0 Å². The molecule has 3 aliphatic rings. The van der Waals surface area contributed by atoms with E-state index in [-0.39, 0.29) is 18.5 Å². The predicted octanol–water partition coefficient (Wildman–Crippen LogP) is 0.730. The molecular formula is C14H21N5O6S. The molecule has 12 heteroatoms. The van der Waals surface area contributed by atoms with E-state index >= 15 is 0 Å². The lowest BCUT2D eigenvalue weighted by molar-refractivity contribution is -0.0317. The molecule has 2 bridgehead atoms. The number of rotatable bonds is 4. The van der Waals surface area contributed by atoms with E-state index in [1.165, 1.54) is 4.90 Å². The fourth-order valence-electron chi connectivity index (χ4n) is 4.00. The largest absolute Gasteiger partial charge is 0.423 e. The third kappa shape index (κ3) is 3.29. The van der Waals surface area contributed by atoms with Gasteiger partial charge >= 0.3 is 16.4 Å². The molecule has 4 rings (SSSR count). The molecule has 3 fully saturated rings. The van der Waals surface area contributed by atoms with Crippen LogP contribution in [0.1, 0.15) is 62.3 Å². The minimum atomic E-state index is -4.76. The second-order valence-corrected chi connectivity index (χ2v) is 8.10. The molecule has 2 aliphatic heterocycles. The van der Waals surface area contributed by atoms with Crippen molar-refractivity contribution in [3.63, 3.8) is 0 Å². The van der Waals surface area contributed by atoms with Gasteiger partial charge in [0.25, 0.3) is 0 Å². The van der Waals surface area contributed by atoms with E-state index in [1.54, 1.807) is 0 Å². The van der Waals surface area contributed by atoms with Gasteiger partial charge in [-0.15, -0.1) is 14.5 Å². The van der Waals surface area contributed by atoms with Crippen LogP contribution < -0.4 is 5.73 Å². The molecule has 1 unspecified atom stereocenters. The van der Waals surface area contributed by atoms with Crippen molar-refractivity contribution in [3.8, 4) is 0 Å². The Morgan fingerprint density at radius 2 is 1.81 bits per heavy atom. The zero-order chi connectivity index (χ0) is 18.5. The topological polar surface area (TPSA) is 152 Å². The summed E-state index contributed by atoms with van der Waals surface area (Å²) in [5, 5.41) is 8.97. The number of carbonyl (C=O) groups excluding carboxylic acids is 1. The number of nitrogens with zero attached hydrogens (tertiary/aromatic N) is 4. The molecule has 1 aromatic rings. The quantitative estimate of drug-likeness (QED) is 0.712. The lowest BCUT2D eigenvalue weighted by Crippen LogP contribution is -2.35. The van der Waals surface area contributed by atoms with Gasteiger partial charge in [-0.25, -0.2) is 4.79 Å². The van der Waals surface area contributed by atoms with Gasteiger partial charge in [-0.3, -0.25) is 4.55 Å². The number of hydroxylamine groups is 2. The molecule has 1 aromatic heterocycles. The maximum Gasteiger partial charge on any atom is 0.418 e. The molecule has 0 aromatic carbocycles.